The van der Waals surface area contributed by atoms with Gasteiger partial charge in [0.2, 0.25) is 0 Å². The van der Waals surface area contributed by atoms with E-state index in [1.807, 2.05) is 57.3 Å². The van der Waals surface area contributed by atoms with Crippen LogP contribution in [0.4, 0.5) is 0 Å². The van der Waals surface area contributed by atoms with Gasteiger partial charge >= 0.3 is 5.97 Å². The summed E-state index contributed by atoms with van der Waals surface area (Å²) in [5, 5.41) is 14.3. The van der Waals surface area contributed by atoms with Gasteiger partial charge in [0, 0.05) is 6.54 Å². The number of aliphatic carboxylic acids is 1. The Bertz CT molecular complexity index is 679. The molecule has 2 rings (SSSR count). The molecule has 0 aliphatic rings. The van der Waals surface area contributed by atoms with E-state index in [1.165, 1.54) is 0 Å². The molecule has 0 bridgehead atoms. The molecule has 0 saturated heterocycles. The first kappa shape index (κ1) is 16.3. The number of fused-ring (bicyclic) bond motifs is 1. The van der Waals surface area contributed by atoms with Crippen LogP contribution in [0, 0.1) is 0 Å². The van der Waals surface area contributed by atoms with Gasteiger partial charge in [0.15, 0.2) is 0 Å². The number of carboxylic acids is 1. The van der Waals surface area contributed by atoms with Gasteiger partial charge in [-0.15, -0.1) is 0 Å². The monoisotopic (exact) mass is 301 g/mol. The molecule has 2 N–H and O–H groups in total. The molecule has 118 valence electrons. The van der Waals surface area contributed by atoms with Gasteiger partial charge in [0.25, 0.3) is 0 Å². The average molecular weight is 301 g/mol. The van der Waals surface area contributed by atoms with Crippen molar-refractivity contribution in [3.8, 4) is 5.75 Å². The van der Waals surface area contributed by atoms with Gasteiger partial charge in [-0.3, -0.25) is 4.79 Å². The van der Waals surface area contributed by atoms with Gasteiger partial charge in [-0.05, 0) is 56.3 Å². The summed E-state index contributed by atoms with van der Waals surface area (Å²) in [6.45, 7) is 6.51. The van der Waals surface area contributed by atoms with E-state index in [0.717, 1.165) is 28.6 Å². The van der Waals surface area contributed by atoms with Crippen molar-refractivity contribution in [2.75, 3.05) is 13.6 Å². The van der Waals surface area contributed by atoms with E-state index in [9.17, 15) is 4.79 Å². The first-order valence-electron chi connectivity index (χ1n) is 7.42. The number of benzene rings is 2. The summed E-state index contributed by atoms with van der Waals surface area (Å²) in [5.74, 6) is -0.505. The molecule has 0 aromatic heterocycles. The zero-order valence-corrected chi connectivity index (χ0v) is 13.5. The van der Waals surface area contributed by atoms with Gasteiger partial charge in [-0.25, -0.2) is 0 Å². The number of carboxylic acid groups (broad SMARTS) is 1. The standard InChI is InChI=1S/C18H23NO3/c1-12(17(20)21)13-5-6-15-10-16(8-7-14(15)9-13)22-18(2,3)11-19-4/h5-10,12,19H,11H2,1-4H3,(H,20,21)/t12-/m0/s1. The lowest BCUT2D eigenvalue weighted by Crippen LogP contribution is -2.38. The van der Waals surface area contributed by atoms with Crippen LogP contribution in [0.2, 0.25) is 0 Å². The van der Waals surface area contributed by atoms with E-state index in [2.05, 4.69) is 5.32 Å². The van der Waals surface area contributed by atoms with Crippen LogP contribution in [0.1, 0.15) is 32.3 Å². The number of nitrogens with one attached hydrogen (secondary N) is 1. The number of likely N-dealkylation sites (N-methyl/N-ethyl adjacent to an activating group) is 1. The minimum Gasteiger partial charge on any atom is -0.487 e. The van der Waals surface area contributed by atoms with Crippen molar-refractivity contribution in [3.63, 3.8) is 0 Å². The second-order valence-electron chi connectivity index (χ2n) is 6.22. The molecule has 0 fully saturated rings. The van der Waals surface area contributed by atoms with Crippen molar-refractivity contribution >= 4 is 16.7 Å². The molecule has 4 heteroatoms. The summed E-state index contributed by atoms with van der Waals surface area (Å²) in [4.78, 5) is 11.1. The molecule has 4 nitrogen and oxygen atoms in total. The molecule has 0 saturated carbocycles. The summed E-state index contributed by atoms with van der Waals surface area (Å²) in [6, 6.07) is 11.6. The maximum atomic E-state index is 11.1. The largest absolute Gasteiger partial charge is 0.487 e. The van der Waals surface area contributed by atoms with E-state index >= 15 is 0 Å². The average Bonchev–Trinajstić information content (AvgIpc) is 2.45. The SMILES string of the molecule is CNCC(C)(C)Oc1ccc2cc([C@H](C)C(=O)O)ccc2c1. The minimum atomic E-state index is -0.812. The van der Waals surface area contributed by atoms with E-state index < -0.39 is 11.9 Å². The summed E-state index contributed by atoms with van der Waals surface area (Å²) < 4.78 is 6.01. The molecular weight excluding hydrogens is 278 g/mol. The highest BCUT2D eigenvalue weighted by Crippen LogP contribution is 2.27. The van der Waals surface area contributed by atoms with Crippen LogP contribution in [-0.2, 0) is 4.79 Å². The van der Waals surface area contributed by atoms with Crippen molar-refractivity contribution in [2.24, 2.45) is 0 Å². The third-order valence-electron chi connectivity index (χ3n) is 3.70. The highest BCUT2D eigenvalue weighted by molar-refractivity contribution is 5.86. The third-order valence-corrected chi connectivity index (χ3v) is 3.70. The van der Waals surface area contributed by atoms with E-state index in [4.69, 9.17) is 9.84 Å². The Morgan fingerprint density at radius 3 is 2.50 bits per heavy atom. The maximum absolute atomic E-state index is 11.1. The Labute approximate surface area is 131 Å². The van der Waals surface area contributed by atoms with Gasteiger partial charge in [0.05, 0.1) is 5.92 Å². The van der Waals surface area contributed by atoms with Crippen molar-refractivity contribution in [1.82, 2.24) is 5.32 Å². The Kier molecular flexibility index (Phi) is 4.71. The number of hydrogen-bond acceptors (Lipinski definition) is 3. The first-order chi connectivity index (χ1) is 10.3. The normalized spacial score (nSPS) is 13.1. The number of rotatable bonds is 6. The number of hydrogen-bond donors (Lipinski definition) is 2. The topological polar surface area (TPSA) is 58.6 Å². The van der Waals surface area contributed by atoms with Crippen molar-refractivity contribution in [2.45, 2.75) is 32.3 Å². The van der Waals surface area contributed by atoms with Crippen molar-refractivity contribution < 1.29 is 14.6 Å². The fraction of sp³-hybridized carbons (Fsp3) is 0.389. The molecular formula is C18H23NO3. The molecule has 2 aromatic carbocycles. The van der Waals surface area contributed by atoms with E-state index in [0.29, 0.717) is 0 Å². The second kappa shape index (κ2) is 6.36. The first-order valence-corrected chi connectivity index (χ1v) is 7.42. The van der Waals surface area contributed by atoms with Crippen LogP contribution in [0.5, 0.6) is 5.75 Å². The van der Waals surface area contributed by atoms with Gasteiger partial charge in [0.1, 0.15) is 11.4 Å². The van der Waals surface area contributed by atoms with Gasteiger partial charge < -0.3 is 15.2 Å². The third kappa shape index (κ3) is 3.77. The molecule has 0 amide bonds. The highest BCUT2D eigenvalue weighted by atomic mass is 16.5. The van der Waals surface area contributed by atoms with E-state index in [-0.39, 0.29) is 5.60 Å². The van der Waals surface area contributed by atoms with Gasteiger partial charge in [-0.1, -0.05) is 24.3 Å². The fourth-order valence-corrected chi connectivity index (χ4v) is 2.50. The maximum Gasteiger partial charge on any atom is 0.310 e. The molecule has 2 aromatic rings. The van der Waals surface area contributed by atoms with Crippen LogP contribution in [0.15, 0.2) is 36.4 Å². The summed E-state index contributed by atoms with van der Waals surface area (Å²) in [5.41, 5.74) is 0.518. The molecule has 1 atom stereocenters. The van der Waals surface area contributed by atoms with Crippen LogP contribution in [-0.4, -0.2) is 30.3 Å². The molecule has 0 heterocycles. The van der Waals surface area contributed by atoms with E-state index in [1.54, 1.807) is 6.92 Å². The summed E-state index contributed by atoms with van der Waals surface area (Å²) in [7, 11) is 1.90. The van der Waals surface area contributed by atoms with Crippen LogP contribution in [0.3, 0.4) is 0 Å². The predicted molar refractivity (Wildman–Crippen MR) is 88.6 cm³/mol. The molecule has 0 radical (unpaired) electrons. The molecule has 0 unspecified atom stereocenters. The molecule has 22 heavy (non-hydrogen) atoms. The molecule has 0 spiro atoms. The zero-order chi connectivity index (χ0) is 16.3. The summed E-state index contributed by atoms with van der Waals surface area (Å²) >= 11 is 0. The Morgan fingerprint density at radius 1 is 1.23 bits per heavy atom. The number of carbonyl (C=O) groups is 1. The smallest absolute Gasteiger partial charge is 0.310 e. The fourth-order valence-electron chi connectivity index (χ4n) is 2.50. The van der Waals surface area contributed by atoms with Crippen molar-refractivity contribution in [1.29, 1.82) is 0 Å². The molecule has 0 aliphatic carbocycles. The lowest BCUT2D eigenvalue weighted by Gasteiger charge is -2.26. The van der Waals surface area contributed by atoms with Gasteiger partial charge in [-0.2, -0.15) is 0 Å². The lowest BCUT2D eigenvalue weighted by molar-refractivity contribution is -0.138. The van der Waals surface area contributed by atoms with Crippen molar-refractivity contribution in [3.05, 3.63) is 42.0 Å². The Hall–Kier alpha value is -2.07. The minimum absolute atomic E-state index is 0.291. The van der Waals surface area contributed by atoms with Crippen LogP contribution < -0.4 is 10.1 Å². The highest BCUT2D eigenvalue weighted by Gasteiger charge is 2.19. The van der Waals surface area contributed by atoms with Crippen LogP contribution >= 0.6 is 0 Å². The lowest BCUT2D eigenvalue weighted by atomic mass is 9.98. The Morgan fingerprint density at radius 2 is 1.86 bits per heavy atom. The predicted octanol–water partition coefficient (Wildman–Crippen LogP) is 3.40. The zero-order valence-electron chi connectivity index (χ0n) is 13.5. The number of ether oxygens (including phenoxy) is 1. The quantitative estimate of drug-likeness (QED) is 0.858. The Balaban J connectivity index is 2.29. The molecule has 0 aliphatic heterocycles. The second-order valence-corrected chi connectivity index (χ2v) is 6.22. The van der Waals surface area contributed by atoms with Crippen LogP contribution in [0.25, 0.3) is 10.8 Å². The summed E-state index contributed by atoms with van der Waals surface area (Å²) in [6.07, 6.45) is 0.